The number of nitrogens with one attached hydrogen (secondary N) is 2. The van der Waals surface area contributed by atoms with Crippen LogP contribution in [0, 0.1) is 12.2 Å². The van der Waals surface area contributed by atoms with E-state index in [0.29, 0.717) is 5.75 Å². The molecule has 121 valence electrons. The van der Waals surface area contributed by atoms with Crippen molar-refractivity contribution in [2.45, 2.75) is 37.8 Å². The van der Waals surface area contributed by atoms with Gasteiger partial charge in [-0.1, -0.05) is 0 Å². The average Bonchev–Trinajstić information content (AvgIpc) is 2.46. The molecule has 1 radical (unpaired) electrons. The van der Waals surface area contributed by atoms with E-state index in [0.717, 1.165) is 18.9 Å². The molecule has 0 aromatic heterocycles. The number of halogens is 1. The number of hydrogen-bond donors (Lipinski definition) is 2. The van der Waals surface area contributed by atoms with E-state index in [1.165, 1.54) is 12.1 Å². The summed E-state index contributed by atoms with van der Waals surface area (Å²) >= 11 is 0. The molecule has 1 aliphatic heterocycles. The lowest BCUT2D eigenvalue weighted by atomic mass is 9.96. The zero-order valence-electron chi connectivity index (χ0n) is 12.3. The molecule has 2 fully saturated rings. The summed E-state index contributed by atoms with van der Waals surface area (Å²) in [7, 11) is 0. The van der Waals surface area contributed by atoms with Gasteiger partial charge < -0.3 is 10.1 Å². The number of rotatable bonds is 4. The van der Waals surface area contributed by atoms with E-state index in [-0.39, 0.29) is 30.4 Å². The Hall–Kier alpha value is -2.44. The third kappa shape index (κ3) is 3.49. The summed E-state index contributed by atoms with van der Waals surface area (Å²) in [5, 5.41) is 4.57. The summed E-state index contributed by atoms with van der Waals surface area (Å²) in [4.78, 5) is 34.8. The number of carbonyl (C=O) groups excluding carboxylic acids is 3. The van der Waals surface area contributed by atoms with Gasteiger partial charge in [-0.15, -0.1) is 0 Å². The molecule has 3 amide bonds. The van der Waals surface area contributed by atoms with Crippen molar-refractivity contribution in [1.82, 2.24) is 10.6 Å². The number of piperidine rings is 1. The van der Waals surface area contributed by atoms with E-state index < -0.39 is 23.7 Å². The van der Waals surface area contributed by atoms with Crippen LogP contribution in [0.3, 0.4) is 0 Å². The highest BCUT2D eigenvalue weighted by molar-refractivity contribution is 6.03. The van der Waals surface area contributed by atoms with Crippen molar-refractivity contribution >= 4 is 17.7 Å². The monoisotopic (exact) mass is 319 g/mol. The van der Waals surface area contributed by atoms with Gasteiger partial charge in [-0.3, -0.25) is 19.7 Å². The second-order valence-electron chi connectivity index (χ2n) is 5.62. The SMILES string of the molecule is O=C1CC[C@H](NC(=O)c2ccc(OC3C[CH]C3)cc2F)C(=O)N1. The predicted molar refractivity (Wildman–Crippen MR) is 78.0 cm³/mol. The van der Waals surface area contributed by atoms with Crippen molar-refractivity contribution in [2.24, 2.45) is 0 Å². The lowest BCUT2D eigenvalue weighted by molar-refractivity contribution is -0.134. The molecule has 2 aliphatic rings. The van der Waals surface area contributed by atoms with Crippen LogP contribution in [0.25, 0.3) is 0 Å². The molecule has 0 spiro atoms. The average molecular weight is 319 g/mol. The largest absolute Gasteiger partial charge is 0.490 e. The number of imide groups is 1. The van der Waals surface area contributed by atoms with E-state index in [2.05, 4.69) is 17.1 Å². The third-order valence-corrected chi connectivity index (χ3v) is 3.89. The Kier molecular flexibility index (Phi) is 4.27. The Balaban J connectivity index is 1.64. The second kappa shape index (κ2) is 6.36. The van der Waals surface area contributed by atoms with Crippen LogP contribution in [0.5, 0.6) is 5.75 Å². The van der Waals surface area contributed by atoms with E-state index in [1.54, 1.807) is 0 Å². The molecule has 1 aromatic carbocycles. The molecule has 6 nitrogen and oxygen atoms in total. The summed E-state index contributed by atoms with van der Waals surface area (Å²) in [5.74, 6) is -1.98. The summed E-state index contributed by atoms with van der Waals surface area (Å²) in [6.07, 6.45) is 4.15. The maximum Gasteiger partial charge on any atom is 0.254 e. The van der Waals surface area contributed by atoms with Crippen LogP contribution in [0.2, 0.25) is 0 Å². The van der Waals surface area contributed by atoms with Crippen molar-refractivity contribution in [3.05, 3.63) is 36.0 Å². The minimum atomic E-state index is -0.832. The van der Waals surface area contributed by atoms with Gasteiger partial charge in [0.25, 0.3) is 5.91 Å². The summed E-state index contributed by atoms with van der Waals surface area (Å²) in [6, 6.07) is 3.19. The van der Waals surface area contributed by atoms with Gasteiger partial charge in [-0.25, -0.2) is 4.39 Å². The topological polar surface area (TPSA) is 84.5 Å². The van der Waals surface area contributed by atoms with Crippen LogP contribution in [0.4, 0.5) is 4.39 Å². The molecule has 1 aromatic rings. The van der Waals surface area contributed by atoms with E-state index in [4.69, 9.17) is 4.74 Å². The third-order valence-electron chi connectivity index (χ3n) is 3.89. The molecule has 1 aliphatic carbocycles. The van der Waals surface area contributed by atoms with Crippen molar-refractivity contribution in [2.75, 3.05) is 0 Å². The lowest BCUT2D eigenvalue weighted by Crippen LogP contribution is -2.52. The fraction of sp³-hybridized carbons (Fsp3) is 0.375. The van der Waals surface area contributed by atoms with Crippen LogP contribution < -0.4 is 15.4 Å². The van der Waals surface area contributed by atoms with Crippen LogP contribution >= 0.6 is 0 Å². The Morgan fingerprint density at radius 1 is 1.30 bits per heavy atom. The Labute approximate surface area is 132 Å². The van der Waals surface area contributed by atoms with Gasteiger partial charge >= 0.3 is 0 Å². The molecule has 3 rings (SSSR count). The van der Waals surface area contributed by atoms with E-state index >= 15 is 0 Å². The Morgan fingerprint density at radius 2 is 2.09 bits per heavy atom. The Morgan fingerprint density at radius 3 is 2.70 bits per heavy atom. The van der Waals surface area contributed by atoms with Crippen molar-refractivity contribution in [1.29, 1.82) is 0 Å². The van der Waals surface area contributed by atoms with E-state index in [9.17, 15) is 18.8 Å². The van der Waals surface area contributed by atoms with Gasteiger partial charge in [0.1, 0.15) is 17.6 Å². The first-order valence-electron chi connectivity index (χ1n) is 7.45. The number of hydrogen-bond acceptors (Lipinski definition) is 4. The Bertz CT molecular complexity index is 657. The van der Waals surface area contributed by atoms with Gasteiger partial charge in [-0.2, -0.15) is 0 Å². The van der Waals surface area contributed by atoms with Gasteiger partial charge in [0, 0.05) is 12.5 Å². The molecule has 0 unspecified atom stereocenters. The van der Waals surface area contributed by atoms with Gasteiger partial charge in [0.05, 0.1) is 11.7 Å². The smallest absolute Gasteiger partial charge is 0.254 e. The fourth-order valence-electron chi connectivity index (χ4n) is 2.41. The molecule has 23 heavy (non-hydrogen) atoms. The van der Waals surface area contributed by atoms with E-state index in [1.807, 2.05) is 0 Å². The summed E-state index contributed by atoms with van der Waals surface area (Å²) in [6.45, 7) is 0. The van der Waals surface area contributed by atoms with Crippen LogP contribution in [-0.4, -0.2) is 29.9 Å². The molecular weight excluding hydrogens is 303 g/mol. The highest BCUT2D eigenvalue weighted by Crippen LogP contribution is 2.25. The molecule has 7 heteroatoms. The van der Waals surface area contributed by atoms with Crippen LogP contribution in [0.15, 0.2) is 18.2 Å². The quantitative estimate of drug-likeness (QED) is 0.814. The molecule has 1 atom stereocenters. The molecule has 1 heterocycles. The predicted octanol–water partition coefficient (Wildman–Crippen LogP) is 1.11. The molecule has 2 N–H and O–H groups in total. The lowest BCUT2D eigenvalue weighted by Gasteiger charge is -2.26. The number of ether oxygens (including phenoxy) is 1. The van der Waals surface area contributed by atoms with Crippen molar-refractivity contribution in [3.63, 3.8) is 0 Å². The highest BCUT2D eigenvalue weighted by atomic mass is 19.1. The van der Waals surface area contributed by atoms with Crippen LogP contribution in [-0.2, 0) is 9.59 Å². The first-order valence-corrected chi connectivity index (χ1v) is 7.45. The maximum absolute atomic E-state index is 14.1. The van der Waals surface area contributed by atoms with Crippen molar-refractivity contribution in [3.8, 4) is 5.75 Å². The van der Waals surface area contributed by atoms with Crippen LogP contribution in [0.1, 0.15) is 36.0 Å². The van der Waals surface area contributed by atoms with Crippen molar-refractivity contribution < 1.29 is 23.5 Å². The highest BCUT2D eigenvalue weighted by Gasteiger charge is 2.29. The maximum atomic E-state index is 14.1. The standard InChI is InChI=1S/C16H16FN2O4/c17-12-8-10(23-9-2-1-3-9)4-5-11(12)15(21)18-13-6-7-14(20)19-16(13)22/h1,4-5,8-9,13H,2-3,6-7H2,(H,18,21)(H,19,20,22)/t13-/m0/s1. The zero-order chi connectivity index (χ0) is 16.4. The fourth-order valence-corrected chi connectivity index (χ4v) is 2.41. The second-order valence-corrected chi connectivity index (χ2v) is 5.62. The zero-order valence-corrected chi connectivity index (χ0v) is 12.3. The van der Waals surface area contributed by atoms with Gasteiger partial charge in [0.15, 0.2) is 0 Å². The summed E-state index contributed by atoms with van der Waals surface area (Å²) in [5.41, 5.74) is -0.165. The summed E-state index contributed by atoms with van der Waals surface area (Å²) < 4.78 is 19.6. The molecule has 0 bridgehead atoms. The molecular formula is C16H16FN2O4. The van der Waals surface area contributed by atoms with Gasteiger partial charge in [0.2, 0.25) is 11.8 Å². The number of carbonyl (C=O) groups is 3. The molecule has 1 saturated heterocycles. The van der Waals surface area contributed by atoms with Gasteiger partial charge in [-0.05, 0) is 37.8 Å². The first-order chi connectivity index (χ1) is 11.0. The number of benzene rings is 1. The normalized spacial score (nSPS) is 21.3. The minimum Gasteiger partial charge on any atom is -0.490 e. The minimum absolute atomic E-state index is 0.0672. The first kappa shape index (κ1) is 15.5. The molecule has 1 saturated carbocycles. The number of amides is 3.